The van der Waals surface area contributed by atoms with Crippen LogP contribution in [0.25, 0.3) is 0 Å². The van der Waals surface area contributed by atoms with Gasteiger partial charge in [0.2, 0.25) is 0 Å². The minimum Gasteiger partial charge on any atom is -0.293 e. The molecule has 0 aliphatic carbocycles. The largest absolute Gasteiger partial charge is 0.293 e. The second kappa shape index (κ2) is 4.05. The van der Waals surface area contributed by atoms with E-state index < -0.39 is 6.17 Å². The minimum atomic E-state index is -0.603. The highest BCUT2D eigenvalue weighted by molar-refractivity contribution is 5.27. The third kappa shape index (κ3) is 1.96. The summed E-state index contributed by atoms with van der Waals surface area (Å²) in [6.45, 7) is 8.87. The predicted molar refractivity (Wildman–Crippen MR) is 69.5 cm³/mol. The van der Waals surface area contributed by atoms with Crippen molar-refractivity contribution in [2.24, 2.45) is 0 Å². The van der Waals surface area contributed by atoms with Crippen LogP contribution in [0.5, 0.6) is 0 Å². The average molecular weight is 251 g/mol. The summed E-state index contributed by atoms with van der Waals surface area (Å²) in [5.41, 5.74) is 2.92. The van der Waals surface area contributed by atoms with Gasteiger partial charge in [0.15, 0.2) is 0 Å². The van der Waals surface area contributed by atoms with Crippen LogP contribution in [0.15, 0.2) is 6.20 Å². The lowest BCUT2D eigenvalue weighted by Gasteiger charge is -2.42. The van der Waals surface area contributed by atoms with Crippen molar-refractivity contribution < 1.29 is 4.39 Å². The second-order valence-corrected chi connectivity index (χ2v) is 6.68. The van der Waals surface area contributed by atoms with Gasteiger partial charge >= 0.3 is 0 Å². The fourth-order valence-electron chi connectivity index (χ4n) is 3.10. The first-order chi connectivity index (χ1) is 8.45. The summed E-state index contributed by atoms with van der Waals surface area (Å²) in [6, 6.07) is 0.484. The molecule has 1 saturated heterocycles. The summed E-state index contributed by atoms with van der Waals surface area (Å²) in [7, 11) is 0. The Labute approximate surface area is 108 Å². The number of rotatable bonds is 1. The molecule has 0 N–H and O–H groups in total. The zero-order valence-corrected chi connectivity index (χ0v) is 11.5. The molecule has 1 fully saturated rings. The highest BCUT2D eigenvalue weighted by Gasteiger charge is 2.35. The number of likely N-dealkylation sites (tertiary alicyclic amines) is 1. The molecular weight excluding hydrogens is 229 g/mol. The molecule has 0 radical (unpaired) electrons. The van der Waals surface area contributed by atoms with Crippen molar-refractivity contribution in [3.8, 4) is 0 Å². The van der Waals surface area contributed by atoms with E-state index in [2.05, 4.69) is 35.5 Å². The van der Waals surface area contributed by atoms with E-state index in [-0.39, 0.29) is 5.41 Å². The van der Waals surface area contributed by atoms with E-state index in [1.54, 1.807) is 0 Å². The van der Waals surface area contributed by atoms with Gasteiger partial charge in [0.25, 0.3) is 0 Å². The van der Waals surface area contributed by atoms with Crippen LogP contribution >= 0.6 is 0 Å². The Balaban J connectivity index is 1.76. The van der Waals surface area contributed by atoms with Gasteiger partial charge in [0, 0.05) is 24.8 Å². The van der Waals surface area contributed by atoms with Crippen LogP contribution in [0.4, 0.5) is 4.39 Å². The third-order valence-corrected chi connectivity index (χ3v) is 4.24. The normalized spacial score (nSPS) is 25.9. The van der Waals surface area contributed by atoms with E-state index in [1.165, 1.54) is 11.3 Å². The summed E-state index contributed by atoms with van der Waals surface area (Å²) in [5, 5.41) is 4.53. The van der Waals surface area contributed by atoms with Gasteiger partial charge in [0.1, 0.15) is 6.17 Å². The Hall–Kier alpha value is -0.900. The molecule has 1 atom stereocenters. The van der Waals surface area contributed by atoms with E-state index in [4.69, 9.17) is 0 Å². The lowest BCUT2D eigenvalue weighted by Crippen LogP contribution is -2.55. The van der Waals surface area contributed by atoms with Gasteiger partial charge in [-0.05, 0) is 23.8 Å². The maximum atomic E-state index is 12.9. The van der Waals surface area contributed by atoms with Crippen LogP contribution in [-0.2, 0) is 18.4 Å². The zero-order valence-electron chi connectivity index (χ0n) is 11.5. The number of nitrogens with zero attached hydrogens (tertiary/aromatic N) is 3. The van der Waals surface area contributed by atoms with Crippen LogP contribution in [0.3, 0.4) is 0 Å². The zero-order chi connectivity index (χ0) is 12.9. The van der Waals surface area contributed by atoms with Crippen LogP contribution in [0.2, 0.25) is 0 Å². The van der Waals surface area contributed by atoms with E-state index in [0.717, 1.165) is 19.4 Å². The van der Waals surface area contributed by atoms with E-state index in [1.807, 2.05) is 6.20 Å². The van der Waals surface area contributed by atoms with Gasteiger partial charge < -0.3 is 0 Å². The Bertz CT molecular complexity index is 440. The predicted octanol–water partition coefficient (Wildman–Crippen LogP) is 2.15. The van der Waals surface area contributed by atoms with Crippen LogP contribution < -0.4 is 0 Å². The Morgan fingerprint density at radius 1 is 1.28 bits per heavy atom. The van der Waals surface area contributed by atoms with Crippen molar-refractivity contribution in [1.82, 2.24) is 14.7 Å². The maximum absolute atomic E-state index is 12.9. The Morgan fingerprint density at radius 2 is 2.00 bits per heavy atom. The van der Waals surface area contributed by atoms with E-state index in [0.29, 0.717) is 19.1 Å². The number of aromatic nitrogens is 2. The van der Waals surface area contributed by atoms with Crippen molar-refractivity contribution in [3.63, 3.8) is 0 Å². The molecule has 1 aromatic rings. The summed E-state index contributed by atoms with van der Waals surface area (Å²) >= 11 is 0. The molecule has 3 nitrogen and oxygen atoms in total. The van der Waals surface area contributed by atoms with Crippen molar-refractivity contribution in [1.29, 1.82) is 0 Å². The molecule has 2 aliphatic heterocycles. The first kappa shape index (κ1) is 12.2. The molecule has 0 spiro atoms. The standard InChI is InChI=1S/C14H22FN3/c1-14(2,3)12-6-16-18-9-11(4-5-13(12)18)17-7-10(15)8-17/h6,10-11H,4-5,7-9H2,1-3H3. The molecular formula is C14H22FN3. The SMILES string of the molecule is CC(C)(C)c1cnn2c1CCC(N1CC(F)C1)C2. The monoisotopic (exact) mass is 251 g/mol. The lowest BCUT2D eigenvalue weighted by atomic mass is 9.85. The van der Waals surface area contributed by atoms with Crippen LogP contribution in [0, 0.1) is 0 Å². The fourth-order valence-corrected chi connectivity index (χ4v) is 3.10. The first-order valence-electron chi connectivity index (χ1n) is 6.88. The highest BCUT2D eigenvalue weighted by atomic mass is 19.1. The van der Waals surface area contributed by atoms with E-state index >= 15 is 0 Å². The number of alkyl halides is 1. The molecule has 3 heterocycles. The van der Waals surface area contributed by atoms with Gasteiger partial charge in [-0.2, -0.15) is 5.10 Å². The van der Waals surface area contributed by atoms with Gasteiger partial charge in [-0.15, -0.1) is 0 Å². The molecule has 0 bridgehead atoms. The number of hydrogen-bond acceptors (Lipinski definition) is 2. The van der Waals surface area contributed by atoms with Crippen molar-refractivity contribution >= 4 is 0 Å². The lowest BCUT2D eigenvalue weighted by molar-refractivity contribution is 0.0123. The van der Waals surface area contributed by atoms with E-state index in [9.17, 15) is 4.39 Å². The topological polar surface area (TPSA) is 21.1 Å². The molecule has 0 aromatic carbocycles. The minimum absolute atomic E-state index is 0.168. The summed E-state index contributed by atoms with van der Waals surface area (Å²) < 4.78 is 15.1. The first-order valence-corrected chi connectivity index (χ1v) is 6.88. The molecule has 0 amide bonds. The molecule has 0 saturated carbocycles. The molecule has 1 unspecified atom stereocenters. The van der Waals surface area contributed by atoms with Crippen molar-refractivity contribution in [2.75, 3.05) is 13.1 Å². The van der Waals surface area contributed by atoms with Gasteiger partial charge in [0.05, 0.1) is 12.7 Å². The molecule has 1 aromatic heterocycles. The van der Waals surface area contributed by atoms with Crippen molar-refractivity contribution in [3.05, 3.63) is 17.5 Å². The highest BCUT2D eigenvalue weighted by Crippen LogP contribution is 2.31. The van der Waals surface area contributed by atoms with Gasteiger partial charge in [-0.3, -0.25) is 9.58 Å². The second-order valence-electron chi connectivity index (χ2n) is 6.68. The third-order valence-electron chi connectivity index (χ3n) is 4.24. The molecule has 4 heteroatoms. The number of hydrogen-bond donors (Lipinski definition) is 0. The Morgan fingerprint density at radius 3 is 2.61 bits per heavy atom. The molecule has 2 aliphatic rings. The molecule has 3 rings (SSSR count). The van der Waals surface area contributed by atoms with Gasteiger partial charge in [-0.1, -0.05) is 20.8 Å². The summed E-state index contributed by atoms with van der Waals surface area (Å²) in [4.78, 5) is 2.26. The number of fused-ring (bicyclic) bond motifs is 1. The average Bonchev–Trinajstić information content (AvgIpc) is 2.66. The maximum Gasteiger partial charge on any atom is 0.125 e. The van der Waals surface area contributed by atoms with Crippen LogP contribution in [0.1, 0.15) is 38.4 Å². The van der Waals surface area contributed by atoms with Crippen LogP contribution in [-0.4, -0.2) is 40.0 Å². The fraction of sp³-hybridized carbons (Fsp3) is 0.786. The molecule has 18 heavy (non-hydrogen) atoms. The smallest absolute Gasteiger partial charge is 0.125 e. The van der Waals surface area contributed by atoms with Gasteiger partial charge in [-0.25, -0.2) is 4.39 Å². The van der Waals surface area contributed by atoms with Crippen molar-refractivity contribution in [2.45, 2.75) is 57.8 Å². The number of halogens is 1. The summed E-state index contributed by atoms with van der Waals surface area (Å²) in [5.74, 6) is 0. The quantitative estimate of drug-likeness (QED) is 0.762. The summed E-state index contributed by atoms with van der Waals surface area (Å²) in [6.07, 6.45) is 3.63. The molecule has 100 valence electrons. The Kier molecular flexibility index (Phi) is 2.73.